The lowest BCUT2D eigenvalue weighted by Crippen LogP contribution is -2.51. The molecular weight excluding hydrogens is 384 g/mol. The zero-order valence-corrected chi connectivity index (χ0v) is 20.0. The van der Waals surface area contributed by atoms with E-state index < -0.39 is 20.1 Å². The molecule has 1 unspecified atom stereocenters. The predicted octanol–water partition coefficient (Wildman–Crippen LogP) is 5.32. The molecule has 2 aliphatic rings. The summed E-state index contributed by atoms with van der Waals surface area (Å²) >= 11 is 0. The van der Waals surface area contributed by atoms with Gasteiger partial charge in [-0.15, -0.1) is 0 Å². The van der Waals surface area contributed by atoms with Crippen molar-refractivity contribution < 1.29 is 23.5 Å². The fraction of sp³-hybridized carbons (Fsp3) is 0.739. The quantitative estimate of drug-likeness (QED) is 0.286. The Balaban J connectivity index is 2.28. The van der Waals surface area contributed by atoms with E-state index in [4.69, 9.17) is 13.9 Å². The van der Waals surface area contributed by atoms with Gasteiger partial charge in [-0.2, -0.15) is 0 Å². The molecule has 0 spiro atoms. The molecule has 0 aromatic rings. The van der Waals surface area contributed by atoms with Gasteiger partial charge in [-0.3, -0.25) is 9.59 Å². The van der Waals surface area contributed by atoms with E-state index in [1.807, 2.05) is 6.08 Å². The highest BCUT2D eigenvalue weighted by Gasteiger charge is 2.45. The first-order chi connectivity index (χ1) is 13.7. The Hall–Kier alpha value is -1.24. The maximum atomic E-state index is 12.4. The van der Waals surface area contributed by atoms with Crippen LogP contribution in [0.4, 0.5) is 0 Å². The maximum absolute atomic E-state index is 12.4. The third kappa shape index (κ3) is 5.28. The maximum Gasteiger partial charge on any atom is 0.305 e. The second-order valence-corrected chi connectivity index (χ2v) is 13.4. The zero-order chi connectivity index (χ0) is 21.7. The van der Waals surface area contributed by atoms with Crippen LogP contribution in [0.25, 0.3) is 0 Å². The molecule has 0 heterocycles. The van der Waals surface area contributed by atoms with E-state index in [0.717, 1.165) is 43.0 Å². The third-order valence-electron chi connectivity index (χ3n) is 6.97. The van der Waals surface area contributed by atoms with E-state index in [1.165, 1.54) is 33.0 Å². The normalized spacial score (nSPS) is 30.2. The molecule has 0 radical (unpaired) electrons. The van der Waals surface area contributed by atoms with Gasteiger partial charge in [-0.25, -0.2) is 0 Å². The molecule has 0 N–H and O–H groups in total. The summed E-state index contributed by atoms with van der Waals surface area (Å²) in [6.45, 7) is 10.4. The fourth-order valence-corrected chi connectivity index (χ4v) is 8.05. The van der Waals surface area contributed by atoms with Gasteiger partial charge in [0.1, 0.15) is 0 Å². The molecule has 1 fully saturated rings. The minimum absolute atomic E-state index is 0.153. The van der Waals surface area contributed by atoms with Gasteiger partial charge >= 0.3 is 5.97 Å². The molecule has 0 aromatic carbocycles. The van der Waals surface area contributed by atoms with E-state index in [2.05, 4.69) is 27.7 Å². The molecular formula is C23H38O5Si. The summed E-state index contributed by atoms with van der Waals surface area (Å²) in [5, 5.41) is 0. The molecule has 0 aromatic heterocycles. The molecule has 2 rings (SSSR count). The first-order valence-electron chi connectivity index (χ1n) is 11.1. The minimum atomic E-state index is -1.74. The van der Waals surface area contributed by atoms with E-state index in [-0.39, 0.29) is 11.4 Å². The molecule has 0 saturated heterocycles. The topological polar surface area (TPSA) is 61.8 Å². The van der Waals surface area contributed by atoms with Crippen molar-refractivity contribution in [1.82, 2.24) is 0 Å². The van der Waals surface area contributed by atoms with E-state index in [1.54, 1.807) is 6.08 Å². The number of hydrogen-bond donors (Lipinski definition) is 0. The van der Waals surface area contributed by atoms with Crippen LogP contribution in [-0.4, -0.2) is 38.6 Å². The standard InChI is InChI=1S/C23H38O5Si/c1-7-29(8-2,9-3)28-22(5)15-11-10-12-20(22)16-19-13-14-21(25)23(17-19,26-6)27-18(4)24/h13-14,17,20H,7-12,15-16H2,1-6H3/t20-,22-,23?/m0/s1. The van der Waals surface area contributed by atoms with Gasteiger partial charge < -0.3 is 13.9 Å². The van der Waals surface area contributed by atoms with Crippen LogP contribution in [0.2, 0.25) is 18.1 Å². The summed E-state index contributed by atoms with van der Waals surface area (Å²) in [6.07, 6.45) is 10.3. The average molecular weight is 423 g/mol. The Morgan fingerprint density at radius 1 is 1.17 bits per heavy atom. The van der Waals surface area contributed by atoms with Crippen LogP contribution in [0.1, 0.15) is 66.7 Å². The van der Waals surface area contributed by atoms with Crippen LogP contribution in [0.15, 0.2) is 23.8 Å². The molecule has 29 heavy (non-hydrogen) atoms. The monoisotopic (exact) mass is 422 g/mol. The van der Waals surface area contributed by atoms with Gasteiger partial charge in [-0.1, -0.05) is 39.7 Å². The molecule has 0 amide bonds. The molecule has 0 aliphatic heterocycles. The highest BCUT2D eigenvalue weighted by atomic mass is 28.4. The summed E-state index contributed by atoms with van der Waals surface area (Å²) in [5.41, 5.74) is 0.811. The first-order valence-corrected chi connectivity index (χ1v) is 13.6. The summed E-state index contributed by atoms with van der Waals surface area (Å²) in [6, 6.07) is 3.41. The predicted molar refractivity (Wildman–Crippen MR) is 117 cm³/mol. The van der Waals surface area contributed by atoms with Crippen molar-refractivity contribution in [3.63, 3.8) is 0 Å². The summed E-state index contributed by atoms with van der Waals surface area (Å²) in [4.78, 5) is 24.0. The van der Waals surface area contributed by atoms with Crippen LogP contribution in [-0.2, 0) is 23.5 Å². The largest absolute Gasteiger partial charge is 0.421 e. The number of ether oxygens (including phenoxy) is 2. The number of esters is 1. The number of ketones is 1. The SMILES string of the molecule is CC[Si](CC)(CC)O[C@@]1(C)CCCC[C@H]1CC1=CC(OC)(OC(C)=O)C(=O)C=C1. The molecule has 6 heteroatoms. The van der Waals surface area contributed by atoms with E-state index >= 15 is 0 Å². The van der Waals surface area contributed by atoms with Crippen molar-refractivity contribution >= 4 is 20.1 Å². The second kappa shape index (κ2) is 9.71. The second-order valence-electron chi connectivity index (χ2n) is 8.69. The van der Waals surface area contributed by atoms with Gasteiger partial charge in [0.05, 0.1) is 5.60 Å². The van der Waals surface area contributed by atoms with Crippen molar-refractivity contribution in [3.05, 3.63) is 23.8 Å². The third-order valence-corrected chi connectivity index (χ3v) is 11.7. The lowest BCUT2D eigenvalue weighted by Gasteiger charge is -2.48. The van der Waals surface area contributed by atoms with Gasteiger partial charge in [-0.05, 0) is 68.0 Å². The summed E-state index contributed by atoms with van der Waals surface area (Å²) in [5.74, 6) is -2.18. The number of methoxy groups -OCH3 is 1. The van der Waals surface area contributed by atoms with Gasteiger partial charge in [0.2, 0.25) is 5.78 Å². The highest BCUT2D eigenvalue weighted by molar-refractivity contribution is 6.73. The smallest absolute Gasteiger partial charge is 0.305 e. The van der Waals surface area contributed by atoms with Crippen LogP contribution in [0.5, 0.6) is 0 Å². The van der Waals surface area contributed by atoms with Crippen molar-refractivity contribution in [2.75, 3.05) is 7.11 Å². The molecule has 1 saturated carbocycles. The lowest BCUT2D eigenvalue weighted by molar-refractivity contribution is -0.199. The molecule has 3 atom stereocenters. The van der Waals surface area contributed by atoms with Crippen LogP contribution in [0.3, 0.4) is 0 Å². The average Bonchev–Trinajstić information content (AvgIpc) is 2.70. The van der Waals surface area contributed by atoms with E-state index in [9.17, 15) is 9.59 Å². The van der Waals surface area contributed by atoms with Gasteiger partial charge in [0.15, 0.2) is 8.32 Å². The van der Waals surface area contributed by atoms with E-state index in [0.29, 0.717) is 5.92 Å². The van der Waals surface area contributed by atoms with Crippen molar-refractivity contribution in [2.45, 2.75) is 96.2 Å². The minimum Gasteiger partial charge on any atom is -0.421 e. The number of carbonyl (C=O) groups excluding carboxylic acids is 2. The Bertz CT molecular complexity index is 658. The highest BCUT2D eigenvalue weighted by Crippen LogP contribution is 2.44. The molecule has 0 bridgehead atoms. The zero-order valence-electron chi connectivity index (χ0n) is 19.0. The van der Waals surface area contributed by atoms with Crippen molar-refractivity contribution in [2.24, 2.45) is 5.92 Å². The number of rotatable bonds is 9. The number of allylic oxidation sites excluding steroid dienone is 2. The Morgan fingerprint density at radius 2 is 1.83 bits per heavy atom. The first kappa shape index (κ1) is 24.0. The van der Waals surface area contributed by atoms with Gasteiger partial charge in [0.25, 0.3) is 5.79 Å². The molecule has 5 nitrogen and oxygen atoms in total. The Labute approximate surface area is 177 Å². The van der Waals surface area contributed by atoms with Gasteiger partial charge in [0, 0.05) is 14.0 Å². The Kier molecular flexibility index (Phi) is 8.05. The number of hydrogen-bond acceptors (Lipinski definition) is 5. The number of carbonyl (C=O) groups is 2. The van der Waals surface area contributed by atoms with Crippen molar-refractivity contribution in [3.8, 4) is 0 Å². The summed E-state index contributed by atoms with van der Waals surface area (Å²) < 4.78 is 17.7. The Morgan fingerprint density at radius 3 is 2.38 bits per heavy atom. The van der Waals surface area contributed by atoms with Crippen LogP contribution < -0.4 is 0 Å². The summed E-state index contributed by atoms with van der Waals surface area (Å²) in [7, 11) is -0.344. The van der Waals surface area contributed by atoms with Crippen molar-refractivity contribution in [1.29, 1.82) is 0 Å². The van der Waals surface area contributed by atoms with Crippen LogP contribution in [0, 0.1) is 5.92 Å². The van der Waals surface area contributed by atoms with Crippen LogP contribution >= 0.6 is 0 Å². The molecule has 2 aliphatic carbocycles. The molecule has 164 valence electrons. The fourth-order valence-electron chi connectivity index (χ4n) is 4.86. The lowest BCUT2D eigenvalue weighted by atomic mass is 9.73.